The summed E-state index contributed by atoms with van der Waals surface area (Å²) >= 11 is 5.47. The fourth-order valence-corrected chi connectivity index (χ4v) is 15.3. The van der Waals surface area contributed by atoms with Crippen LogP contribution in [0.4, 0.5) is 22.0 Å². The number of sulfonamides is 3. The van der Waals surface area contributed by atoms with Crippen molar-refractivity contribution in [2.45, 2.75) is 145 Å². The minimum absolute atomic E-state index is 0. The Hall–Kier alpha value is -7.36. The summed E-state index contributed by atoms with van der Waals surface area (Å²) in [7, 11) is 0.706. The molecule has 12 nitrogen and oxygen atoms in total. The summed E-state index contributed by atoms with van der Waals surface area (Å²) in [6.07, 6.45) is 1.23. The van der Waals surface area contributed by atoms with Crippen LogP contribution in [0.2, 0.25) is 0 Å². The molecular weight excluding hydrogens is 1920 g/mol. The second kappa shape index (κ2) is 57.2. The molecule has 0 saturated heterocycles. The molecule has 7 atom stereocenters. The summed E-state index contributed by atoms with van der Waals surface area (Å²) in [4.78, 5) is -1.69. The van der Waals surface area contributed by atoms with Crippen molar-refractivity contribution in [3.63, 3.8) is 0 Å². The number of hydrogen-bond acceptors (Lipinski definition) is 9. The first-order chi connectivity index (χ1) is 56.2. The van der Waals surface area contributed by atoms with Gasteiger partial charge in [0.15, 0.2) is 23.3 Å². The normalized spacial score (nSPS) is 12.3. The number of halogens is 8. The van der Waals surface area contributed by atoms with Crippen molar-refractivity contribution in [1.82, 2.24) is 0 Å². The number of benzene rings is 12. The second-order valence-corrected chi connectivity index (χ2v) is 32.4. The first-order valence-electron chi connectivity index (χ1n) is 36.9. The Morgan fingerprint density at radius 3 is 0.727 bits per heavy atom. The molecule has 0 aliphatic heterocycles. The van der Waals surface area contributed by atoms with Crippen molar-refractivity contribution in [3.05, 3.63) is 446 Å². The minimum atomic E-state index is -5.34. The van der Waals surface area contributed by atoms with Crippen molar-refractivity contribution < 1.29 is 99.1 Å². The topological polar surface area (TPSA) is 223 Å². The summed E-state index contributed by atoms with van der Waals surface area (Å²) in [5.41, 5.74) is 34.5. The van der Waals surface area contributed by atoms with Crippen LogP contribution in [0, 0.1) is 99.8 Å². The Balaban J connectivity index is 0.000000748. The van der Waals surface area contributed by atoms with Crippen molar-refractivity contribution >= 4 is 59.1 Å². The molecule has 0 heterocycles. The van der Waals surface area contributed by atoms with Gasteiger partial charge in [-0.1, -0.05) is 374 Å². The molecule has 0 aromatic heterocycles. The van der Waals surface area contributed by atoms with Crippen molar-refractivity contribution in [2.24, 2.45) is 17.2 Å². The van der Waals surface area contributed by atoms with Crippen LogP contribution in [0.3, 0.4) is 0 Å². The summed E-state index contributed by atoms with van der Waals surface area (Å²) < 4.78 is 157. The Kier molecular flexibility index (Phi) is 52.8. The molecule has 0 bridgehead atoms. The van der Waals surface area contributed by atoms with Crippen LogP contribution in [0.25, 0.3) is 14.2 Å². The molecule has 12 aromatic rings. The van der Waals surface area contributed by atoms with E-state index < -0.39 is 100 Å². The van der Waals surface area contributed by atoms with E-state index in [0.717, 1.165) is 33.4 Å². The molecule has 12 rings (SSSR count). The van der Waals surface area contributed by atoms with Gasteiger partial charge in [0.1, 0.15) is 35.0 Å². The third-order valence-corrected chi connectivity index (χ3v) is 22.3. The van der Waals surface area contributed by atoms with Crippen LogP contribution in [0.1, 0.15) is 166 Å². The van der Waals surface area contributed by atoms with Crippen molar-refractivity contribution in [3.8, 4) is 0 Å². The summed E-state index contributed by atoms with van der Waals surface area (Å²) in [5, 5.41) is 0. The van der Waals surface area contributed by atoms with E-state index in [9.17, 15) is 47.2 Å². The van der Waals surface area contributed by atoms with Crippen LogP contribution in [0.15, 0.2) is 312 Å². The van der Waals surface area contributed by atoms with Gasteiger partial charge < -0.3 is 53.6 Å². The molecule has 0 aliphatic carbocycles. The van der Waals surface area contributed by atoms with Crippen LogP contribution < -0.4 is 17.2 Å². The van der Waals surface area contributed by atoms with Gasteiger partial charge >= 0.3 is 81.0 Å². The predicted molar refractivity (Wildman–Crippen MR) is 480 cm³/mol. The molecule has 0 amide bonds. The van der Waals surface area contributed by atoms with E-state index in [1.165, 1.54) is 57.5 Å². The number of aryl methyl sites for hydroxylation is 7. The van der Waals surface area contributed by atoms with E-state index in [4.69, 9.17) is 17.2 Å². The van der Waals surface area contributed by atoms with Gasteiger partial charge in [-0.2, -0.15) is 0 Å². The Labute approximate surface area is 760 Å². The van der Waals surface area contributed by atoms with Crippen molar-refractivity contribution in [2.75, 3.05) is 0 Å². The molecule has 121 heavy (non-hydrogen) atoms. The van der Waals surface area contributed by atoms with Gasteiger partial charge in [0.2, 0.25) is 5.82 Å². The number of rotatable bonds is 21. The van der Waals surface area contributed by atoms with E-state index in [0.29, 0.717) is 17.4 Å². The quantitative estimate of drug-likeness (QED) is 0.0204. The van der Waals surface area contributed by atoms with E-state index in [1.807, 2.05) is 187 Å². The Bertz CT molecular complexity index is 5030. The molecule has 0 saturated carbocycles. The van der Waals surface area contributed by atoms with Crippen LogP contribution in [0.5, 0.6) is 0 Å². The third-order valence-electron chi connectivity index (χ3n) is 18.2. The van der Waals surface area contributed by atoms with Crippen molar-refractivity contribution in [1.29, 1.82) is 0 Å². The first kappa shape index (κ1) is 112. The van der Waals surface area contributed by atoms with Gasteiger partial charge in [-0.15, -0.1) is 0 Å². The first-order valence-corrected chi connectivity index (χ1v) is 48.0. The van der Waals surface area contributed by atoms with Crippen LogP contribution >= 0.6 is 29.1 Å². The van der Waals surface area contributed by atoms with E-state index in [2.05, 4.69) is 172 Å². The zero-order chi connectivity index (χ0) is 87.9. The van der Waals surface area contributed by atoms with Gasteiger partial charge in [-0.3, -0.25) is 0 Å². The molecule has 648 valence electrons. The van der Waals surface area contributed by atoms with Gasteiger partial charge in [0.25, 0.3) is 0 Å². The van der Waals surface area contributed by atoms with Crippen LogP contribution in [-0.4, -0.2) is 25.3 Å². The van der Waals surface area contributed by atoms with Crippen LogP contribution in [-0.2, 0) is 82.0 Å². The molecule has 6 N–H and O–H groups in total. The average Bonchev–Trinajstić information content (AvgIpc) is 0.765. The zero-order valence-electron chi connectivity index (χ0n) is 69.9. The number of nitrogens with two attached hydrogens (primary N) is 3. The Morgan fingerprint density at radius 2 is 0.496 bits per heavy atom. The van der Waals surface area contributed by atoms with Gasteiger partial charge in [-0.05, 0) is 119 Å². The summed E-state index contributed by atoms with van der Waals surface area (Å²) in [6, 6.07) is 85.6. The van der Waals surface area contributed by atoms with E-state index in [-0.39, 0.29) is 37.6 Å². The molecule has 0 radical (unpaired) electrons. The number of nitrogens with zero attached hydrogens (tertiary/aromatic N) is 3. The maximum absolute atomic E-state index is 14.1. The van der Waals surface area contributed by atoms with Gasteiger partial charge in [0.05, 0.1) is 0 Å². The fourth-order valence-electron chi connectivity index (χ4n) is 11.7. The number of hydrogen-bond donors (Lipinski definition) is 3. The molecule has 0 aliphatic rings. The second-order valence-electron chi connectivity index (χ2n) is 27.6. The van der Waals surface area contributed by atoms with Gasteiger partial charge in [0, 0.05) is 27.9 Å². The maximum atomic E-state index is 14.1. The van der Waals surface area contributed by atoms with E-state index in [1.54, 1.807) is 97.1 Å². The monoisotopic (exact) mass is 2030 g/mol. The summed E-state index contributed by atoms with van der Waals surface area (Å²) in [5.74, 6) is -10.9. The predicted octanol–water partition coefficient (Wildman–Crippen LogP) is 26.5. The third kappa shape index (κ3) is 36.0. The molecule has 26 heteroatoms. The molecular formula is C95H107Cl3F5N6O6Ru3S3+3. The molecule has 0 fully saturated rings. The average molecular weight is 2030 g/mol. The zero-order valence-corrected chi connectivity index (χ0v) is 79.9. The fraction of sp³-hybridized carbons (Fsp3) is 0.211. The van der Waals surface area contributed by atoms with E-state index >= 15 is 0 Å². The summed E-state index contributed by atoms with van der Waals surface area (Å²) in [6.45, 7) is 23.4. The Morgan fingerprint density at radius 1 is 0.289 bits per heavy atom. The van der Waals surface area contributed by atoms with Gasteiger partial charge in [-0.25, -0.2) is 47.2 Å². The molecule has 0 spiro atoms. The molecule has 12 aromatic carbocycles. The SMILES string of the molecule is CCC(C)c1ccc(C)cc1.Cc1cc(C)cc(C)c1.Cc1ccc(C(C)C)cc1.Cc1ccc(S(=O)(=O)[N-][C@H](c2ccccc2)[C@H](N)c2ccccc2)cc1.Cc1ccc(S(=O)(=O)[N-][C@H](c2ccccc2)[C@H](N)c2ccccc2)cc1.N[C@H](c1ccccc1)[C@H]([N-]S(=O)(=O)c1c(F)c(F)c(F)c(F)c1F)c1ccccc1.[CH3-].[CH3-].[CH3-].[Cl][Ru+3].[Cl][Ru+3].[Cl][Ru+3]. The standard InChI is InChI=1S/2C21H21N2O2S.C20H14F5N2O2S.C11H16.C10H14.C9H12.3CH3.3ClH.3Ru/c2*1-16-12-14-19(15-13-16)26(24,25)23-21(18-10-6-3-7-11-18)20(22)17-8-4-2-5-9-17;21-13-14(22)16(24)20(17(25)15(13)23)30(28,29)27-19(12-9-5-2-6-10-12)18(26)11-7-3-1-4-8-11;1-4-10(3)11-7-5-9(2)6-8-11;1-8(2)10-6-4-9(3)5-7-10;1-7-4-8(2)6-9(3)5-7;;;;;;;;;/h2*2-15,20-21H,22H2,1H3;1-10,18-19H,26H2;5-8,10H,4H2,1-3H3;4-8H,1-3H3;4-6H,1-3H3;3*1H3;3*1H;;;/q3*-1;;;;3*-1;;;;3*+4/p-3/t2*20-,21-;18-,19-;;;;;;;;;;;;/m111............/s1. The molecule has 1 unspecified atom stereocenters.